The van der Waals surface area contributed by atoms with Gasteiger partial charge in [-0.2, -0.15) is 0 Å². The Kier molecular flexibility index (Phi) is 4.14. The van der Waals surface area contributed by atoms with E-state index in [1.165, 1.54) is 12.4 Å². The molecule has 0 aliphatic carbocycles. The number of carbonyl (C=O) groups excluding carboxylic acids is 1. The standard InChI is InChI=1S/C17H17N5O/c1-11(2)21-16(23)13-9-19-17(20-10-13)22-14-7-3-5-12-6-4-8-18-15(12)14/h3-11H,1-2H3,(H,21,23)(H,19,20,22). The number of hydrogen-bond donors (Lipinski definition) is 2. The van der Waals surface area contributed by atoms with Gasteiger partial charge in [-0.05, 0) is 26.0 Å². The molecule has 6 nitrogen and oxygen atoms in total. The van der Waals surface area contributed by atoms with Gasteiger partial charge in [0, 0.05) is 30.0 Å². The lowest BCUT2D eigenvalue weighted by molar-refractivity contribution is 0.0942. The van der Waals surface area contributed by atoms with E-state index in [1.807, 2.05) is 44.2 Å². The van der Waals surface area contributed by atoms with Gasteiger partial charge in [0.2, 0.25) is 5.95 Å². The molecule has 23 heavy (non-hydrogen) atoms. The zero-order valence-corrected chi connectivity index (χ0v) is 12.9. The molecule has 2 N–H and O–H groups in total. The molecule has 3 aromatic rings. The summed E-state index contributed by atoms with van der Waals surface area (Å²) in [5, 5.41) is 6.97. The largest absolute Gasteiger partial charge is 0.350 e. The summed E-state index contributed by atoms with van der Waals surface area (Å²) in [5.74, 6) is 0.239. The van der Waals surface area contributed by atoms with E-state index in [2.05, 4.69) is 25.6 Å². The van der Waals surface area contributed by atoms with Crippen molar-refractivity contribution >= 4 is 28.4 Å². The fraction of sp³-hybridized carbons (Fsp3) is 0.176. The van der Waals surface area contributed by atoms with E-state index in [4.69, 9.17) is 0 Å². The van der Waals surface area contributed by atoms with E-state index in [9.17, 15) is 4.79 Å². The van der Waals surface area contributed by atoms with E-state index in [-0.39, 0.29) is 11.9 Å². The predicted octanol–water partition coefficient (Wildman–Crippen LogP) is 2.91. The third-order valence-electron chi connectivity index (χ3n) is 3.21. The summed E-state index contributed by atoms with van der Waals surface area (Å²) >= 11 is 0. The molecule has 0 radical (unpaired) electrons. The maximum Gasteiger partial charge on any atom is 0.254 e. The molecule has 2 aromatic heterocycles. The van der Waals surface area contributed by atoms with Crippen LogP contribution in [-0.2, 0) is 0 Å². The second kappa shape index (κ2) is 6.39. The van der Waals surface area contributed by atoms with Crippen molar-refractivity contribution in [3.8, 4) is 0 Å². The molecule has 0 saturated heterocycles. The number of nitrogens with zero attached hydrogens (tertiary/aromatic N) is 3. The molecule has 0 bridgehead atoms. The number of carbonyl (C=O) groups is 1. The maximum absolute atomic E-state index is 11.9. The minimum atomic E-state index is -0.182. The van der Waals surface area contributed by atoms with Gasteiger partial charge in [0.15, 0.2) is 0 Å². The Morgan fingerprint density at radius 2 is 1.78 bits per heavy atom. The lowest BCUT2D eigenvalue weighted by Crippen LogP contribution is -2.30. The van der Waals surface area contributed by atoms with E-state index >= 15 is 0 Å². The van der Waals surface area contributed by atoms with Crippen LogP contribution >= 0.6 is 0 Å². The Balaban J connectivity index is 1.81. The van der Waals surface area contributed by atoms with Crippen LogP contribution in [0.15, 0.2) is 48.9 Å². The van der Waals surface area contributed by atoms with Crippen molar-refractivity contribution in [1.29, 1.82) is 0 Å². The van der Waals surface area contributed by atoms with Gasteiger partial charge in [-0.1, -0.05) is 18.2 Å². The van der Waals surface area contributed by atoms with E-state index in [0.717, 1.165) is 16.6 Å². The van der Waals surface area contributed by atoms with Gasteiger partial charge < -0.3 is 10.6 Å². The quantitative estimate of drug-likeness (QED) is 0.774. The first-order valence-corrected chi connectivity index (χ1v) is 7.37. The third-order valence-corrected chi connectivity index (χ3v) is 3.21. The number of anilines is 2. The second-order valence-corrected chi connectivity index (χ2v) is 5.43. The van der Waals surface area contributed by atoms with Crippen molar-refractivity contribution in [2.24, 2.45) is 0 Å². The topological polar surface area (TPSA) is 79.8 Å². The molecular formula is C17H17N5O. The average molecular weight is 307 g/mol. The molecule has 6 heteroatoms. The molecule has 0 aliphatic rings. The van der Waals surface area contributed by atoms with Gasteiger partial charge >= 0.3 is 0 Å². The third kappa shape index (κ3) is 3.42. The maximum atomic E-state index is 11.9. The minimum absolute atomic E-state index is 0.0714. The van der Waals surface area contributed by atoms with Crippen LogP contribution in [0.25, 0.3) is 10.9 Å². The molecule has 0 fully saturated rings. The van der Waals surface area contributed by atoms with Gasteiger partial charge in [-0.3, -0.25) is 9.78 Å². The first-order valence-electron chi connectivity index (χ1n) is 7.37. The first kappa shape index (κ1) is 14.9. The number of aromatic nitrogens is 3. The molecule has 0 spiro atoms. The van der Waals surface area contributed by atoms with Gasteiger partial charge in [0.1, 0.15) is 0 Å². The van der Waals surface area contributed by atoms with E-state index in [1.54, 1.807) is 6.20 Å². The highest BCUT2D eigenvalue weighted by Gasteiger charge is 2.09. The van der Waals surface area contributed by atoms with E-state index < -0.39 is 0 Å². The van der Waals surface area contributed by atoms with Crippen molar-refractivity contribution in [3.63, 3.8) is 0 Å². The van der Waals surface area contributed by atoms with Crippen LogP contribution in [0, 0.1) is 0 Å². The van der Waals surface area contributed by atoms with Crippen LogP contribution < -0.4 is 10.6 Å². The van der Waals surface area contributed by atoms with Crippen molar-refractivity contribution in [2.75, 3.05) is 5.32 Å². The predicted molar refractivity (Wildman–Crippen MR) is 89.7 cm³/mol. The van der Waals surface area contributed by atoms with Crippen LogP contribution in [0.2, 0.25) is 0 Å². The zero-order chi connectivity index (χ0) is 16.2. The molecule has 0 aliphatic heterocycles. The minimum Gasteiger partial charge on any atom is -0.350 e. The van der Waals surface area contributed by atoms with Gasteiger partial charge in [-0.25, -0.2) is 9.97 Å². The summed E-state index contributed by atoms with van der Waals surface area (Å²) < 4.78 is 0. The Morgan fingerprint density at radius 3 is 2.52 bits per heavy atom. The highest BCUT2D eigenvalue weighted by Crippen LogP contribution is 2.22. The lowest BCUT2D eigenvalue weighted by atomic mass is 10.2. The molecular weight excluding hydrogens is 290 g/mol. The summed E-state index contributed by atoms with van der Waals surface area (Å²) in [6, 6.07) is 9.81. The number of fused-ring (bicyclic) bond motifs is 1. The Morgan fingerprint density at radius 1 is 1.04 bits per heavy atom. The van der Waals surface area contributed by atoms with E-state index in [0.29, 0.717) is 11.5 Å². The molecule has 1 amide bonds. The van der Waals surface area contributed by atoms with Crippen LogP contribution in [0.4, 0.5) is 11.6 Å². The van der Waals surface area contributed by atoms with Crippen molar-refractivity contribution in [1.82, 2.24) is 20.3 Å². The number of pyridine rings is 1. The lowest BCUT2D eigenvalue weighted by Gasteiger charge is -2.09. The first-order chi connectivity index (χ1) is 11.1. The number of para-hydroxylation sites is 1. The Labute approximate surface area is 134 Å². The van der Waals surface area contributed by atoms with Crippen LogP contribution in [0.5, 0.6) is 0 Å². The van der Waals surface area contributed by atoms with Crippen LogP contribution in [0.1, 0.15) is 24.2 Å². The SMILES string of the molecule is CC(C)NC(=O)c1cnc(Nc2cccc3cccnc23)nc1. The number of hydrogen-bond acceptors (Lipinski definition) is 5. The summed E-state index contributed by atoms with van der Waals surface area (Å²) in [5.41, 5.74) is 2.10. The molecule has 0 saturated carbocycles. The monoisotopic (exact) mass is 307 g/mol. The molecule has 2 heterocycles. The molecule has 3 rings (SSSR count). The van der Waals surface area contributed by atoms with Gasteiger partial charge in [0.25, 0.3) is 5.91 Å². The summed E-state index contributed by atoms with van der Waals surface area (Å²) in [6.45, 7) is 3.81. The number of rotatable bonds is 4. The number of benzene rings is 1. The summed E-state index contributed by atoms with van der Waals surface area (Å²) in [4.78, 5) is 24.6. The molecule has 1 aromatic carbocycles. The summed E-state index contributed by atoms with van der Waals surface area (Å²) in [7, 11) is 0. The van der Waals surface area contributed by atoms with Gasteiger partial charge in [-0.15, -0.1) is 0 Å². The van der Waals surface area contributed by atoms with Crippen molar-refractivity contribution in [2.45, 2.75) is 19.9 Å². The van der Waals surface area contributed by atoms with Crippen molar-refractivity contribution < 1.29 is 4.79 Å². The van der Waals surface area contributed by atoms with Gasteiger partial charge in [0.05, 0.1) is 16.8 Å². The number of nitrogens with one attached hydrogen (secondary N) is 2. The molecule has 116 valence electrons. The summed E-state index contributed by atoms with van der Waals surface area (Å²) in [6.07, 6.45) is 4.75. The molecule has 0 unspecified atom stereocenters. The van der Waals surface area contributed by atoms with Crippen molar-refractivity contribution in [3.05, 3.63) is 54.5 Å². The average Bonchev–Trinajstić information content (AvgIpc) is 2.55. The Hall–Kier alpha value is -3.02. The Bertz CT molecular complexity index is 825. The van der Waals surface area contributed by atoms with Crippen LogP contribution in [0.3, 0.4) is 0 Å². The fourth-order valence-corrected chi connectivity index (χ4v) is 2.18. The van der Waals surface area contributed by atoms with Crippen LogP contribution in [-0.4, -0.2) is 26.9 Å². The normalized spacial score (nSPS) is 10.7. The highest BCUT2D eigenvalue weighted by molar-refractivity contribution is 5.94. The second-order valence-electron chi connectivity index (χ2n) is 5.43. The zero-order valence-electron chi connectivity index (χ0n) is 12.9. The smallest absolute Gasteiger partial charge is 0.254 e. The highest BCUT2D eigenvalue weighted by atomic mass is 16.1. The number of amides is 1. The molecule has 0 atom stereocenters. The fourth-order valence-electron chi connectivity index (χ4n) is 2.18.